The minimum absolute atomic E-state index is 0.0253. The highest BCUT2D eigenvalue weighted by atomic mass is 35.5. The van der Waals surface area contributed by atoms with E-state index in [4.69, 9.17) is 11.6 Å². The molecule has 1 aromatic heterocycles. The summed E-state index contributed by atoms with van der Waals surface area (Å²) in [7, 11) is -3.87. The number of carbonyl (C=O) groups is 1. The summed E-state index contributed by atoms with van der Waals surface area (Å²) in [6, 6.07) is 14.9. The van der Waals surface area contributed by atoms with Gasteiger partial charge in [-0.05, 0) is 43.3 Å². The number of rotatable bonds is 6. The predicted octanol–water partition coefficient (Wildman–Crippen LogP) is 3.31. The first kappa shape index (κ1) is 23.0. The molecule has 0 aliphatic carbocycles. The van der Waals surface area contributed by atoms with Gasteiger partial charge in [-0.25, -0.2) is 18.4 Å². The number of hydrogen-bond donors (Lipinski definition) is 0. The van der Waals surface area contributed by atoms with E-state index in [1.165, 1.54) is 22.5 Å². The topological polar surface area (TPSA) is 86.7 Å². The van der Waals surface area contributed by atoms with Gasteiger partial charge >= 0.3 is 0 Å². The van der Waals surface area contributed by atoms with Crippen molar-refractivity contribution < 1.29 is 13.2 Å². The lowest BCUT2D eigenvalue weighted by atomic mass is 10.2. The number of halogens is 1. The molecule has 172 valence electrons. The van der Waals surface area contributed by atoms with E-state index >= 15 is 0 Å². The van der Waals surface area contributed by atoms with Crippen molar-refractivity contribution >= 4 is 39.2 Å². The van der Waals surface area contributed by atoms with E-state index in [-0.39, 0.29) is 27.9 Å². The van der Waals surface area contributed by atoms with Crippen LogP contribution in [0.5, 0.6) is 0 Å². The lowest BCUT2D eigenvalue weighted by Crippen LogP contribution is -2.49. The van der Waals surface area contributed by atoms with Gasteiger partial charge in [0, 0.05) is 45.1 Å². The Balaban J connectivity index is 1.55. The van der Waals surface area contributed by atoms with Crippen LogP contribution in [0.1, 0.15) is 17.3 Å². The largest absolute Gasteiger partial charge is 0.337 e. The Morgan fingerprint density at radius 3 is 2.30 bits per heavy atom. The van der Waals surface area contributed by atoms with Crippen LogP contribution in [-0.2, 0) is 10.0 Å². The van der Waals surface area contributed by atoms with Crippen LogP contribution in [0.4, 0.5) is 11.6 Å². The first-order valence-electron chi connectivity index (χ1n) is 10.6. The molecule has 4 rings (SSSR count). The monoisotopic (exact) mass is 485 g/mol. The molecule has 0 unspecified atom stereocenters. The molecule has 1 fully saturated rings. The van der Waals surface area contributed by atoms with Crippen LogP contribution in [0.15, 0.2) is 71.9 Å². The fourth-order valence-corrected chi connectivity index (χ4v) is 5.47. The first-order chi connectivity index (χ1) is 15.9. The second-order valence-corrected chi connectivity index (χ2v) is 9.74. The van der Waals surface area contributed by atoms with Gasteiger partial charge in [-0.3, -0.25) is 9.10 Å². The maximum Gasteiger partial charge on any atom is 0.264 e. The Bertz CT molecular complexity index is 1220. The number of benzene rings is 2. The molecule has 0 bridgehead atoms. The minimum atomic E-state index is -3.87. The van der Waals surface area contributed by atoms with Gasteiger partial charge in [-0.1, -0.05) is 29.8 Å². The molecular weight excluding hydrogens is 462 g/mol. The molecule has 3 aromatic rings. The zero-order valence-electron chi connectivity index (χ0n) is 18.1. The summed E-state index contributed by atoms with van der Waals surface area (Å²) in [5, 5.41) is 0.218. The molecule has 1 aliphatic rings. The summed E-state index contributed by atoms with van der Waals surface area (Å²) < 4.78 is 28.0. The Hall–Kier alpha value is -3.17. The zero-order valence-corrected chi connectivity index (χ0v) is 19.7. The van der Waals surface area contributed by atoms with Gasteiger partial charge in [-0.2, -0.15) is 0 Å². The van der Waals surface area contributed by atoms with Crippen LogP contribution in [0.3, 0.4) is 0 Å². The van der Waals surface area contributed by atoms with Crippen molar-refractivity contribution in [1.82, 2.24) is 14.9 Å². The van der Waals surface area contributed by atoms with Crippen LogP contribution in [-0.4, -0.2) is 61.9 Å². The van der Waals surface area contributed by atoms with Crippen LogP contribution >= 0.6 is 11.6 Å². The quantitative estimate of drug-likeness (QED) is 0.532. The highest BCUT2D eigenvalue weighted by Gasteiger charge is 2.28. The number of carbonyl (C=O) groups excluding carboxylic acids is 1. The number of para-hydroxylation sites is 1. The van der Waals surface area contributed by atoms with Gasteiger partial charge in [0.1, 0.15) is 0 Å². The third-order valence-corrected chi connectivity index (χ3v) is 7.72. The van der Waals surface area contributed by atoms with Gasteiger partial charge in [0.25, 0.3) is 15.9 Å². The second-order valence-electron chi connectivity index (χ2n) is 7.48. The first-order valence-corrected chi connectivity index (χ1v) is 12.4. The van der Waals surface area contributed by atoms with Crippen molar-refractivity contribution in [3.05, 3.63) is 77.6 Å². The van der Waals surface area contributed by atoms with Crippen molar-refractivity contribution in [2.24, 2.45) is 0 Å². The molecule has 33 heavy (non-hydrogen) atoms. The molecule has 0 spiro atoms. The third-order valence-electron chi connectivity index (χ3n) is 5.49. The van der Waals surface area contributed by atoms with Crippen LogP contribution in [0, 0.1) is 0 Å². The number of sulfonamides is 1. The fraction of sp³-hybridized carbons (Fsp3) is 0.261. The van der Waals surface area contributed by atoms with Crippen LogP contribution in [0.25, 0.3) is 0 Å². The van der Waals surface area contributed by atoms with E-state index in [0.717, 1.165) is 0 Å². The predicted molar refractivity (Wildman–Crippen MR) is 128 cm³/mol. The van der Waals surface area contributed by atoms with Gasteiger partial charge in [0.15, 0.2) is 0 Å². The van der Waals surface area contributed by atoms with Crippen LogP contribution in [0.2, 0.25) is 5.02 Å². The summed E-state index contributed by atoms with van der Waals surface area (Å²) in [5.74, 6) is 0.324. The van der Waals surface area contributed by atoms with Crippen molar-refractivity contribution in [2.45, 2.75) is 11.8 Å². The van der Waals surface area contributed by atoms with Crippen molar-refractivity contribution in [2.75, 3.05) is 41.9 Å². The molecule has 10 heteroatoms. The fourth-order valence-electron chi connectivity index (χ4n) is 3.78. The average Bonchev–Trinajstić information content (AvgIpc) is 2.85. The maximum absolute atomic E-state index is 13.4. The molecule has 8 nitrogen and oxygen atoms in total. The number of hydrogen-bond acceptors (Lipinski definition) is 6. The molecule has 0 atom stereocenters. The maximum atomic E-state index is 13.4. The summed E-state index contributed by atoms with van der Waals surface area (Å²) in [5.41, 5.74) is 0.730. The molecular formula is C23H24ClN5O3S. The van der Waals surface area contributed by atoms with Gasteiger partial charge < -0.3 is 9.80 Å². The summed E-state index contributed by atoms with van der Waals surface area (Å²) in [4.78, 5) is 25.4. The Morgan fingerprint density at radius 1 is 1.00 bits per heavy atom. The highest BCUT2D eigenvalue weighted by Crippen LogP contribution is 2.27. The molecule has 2 heterocycles. The number of piperazine rings is 1. The Morgan fingerprint density at radius 2 is 1.67 bits per heavy atom. The smallest absolute Gasteiger partial charge is 0.264 e. The average molecular weight is 486 g/mol. The standard InChI is InChI=1S/C23H24ClN5O3S/c1-2-29(18-7-4-3-5-8-18)33(31,32)19-9-10-21(24)20(17-19)22(30)27-13-15-28(16-14-27)23-25-11-6-12-26-23/h3-12,17H,2,13-16H2,1H3. The lowest BCUT2D eigenvalue weighted by Gasteiger charge is -2.34. The highest BCUT2D eigenvalue weighted by molar-refractivity contribution is 7.92. The van der Waals surface area contributed by atoms with E-state index in [1.54, 1.807) is 54.5 Å². The summed E-state index contributed by atoms with van der Waals surface area (Å²) >= 11 is 6.33. The number of aromatic nitrogens is 2. The van der Waals surface area contributed by atoms with Crippen molar-refractivity contribution in [3.8, 4) is 0 Å². The summed E-state index contributed by atoms with van der Waals surface area (Å²) in [6.45, 7) is 4.07. The van der Waals surface area contributed by atoms with Gasteiger partial charge in [0.2, 0.25) is 5.95 Å². The molecule has 0 saturated carbocycles. The lowest BCUT2D eigenvalue weighted by molar-refractivity contribution is 0.0746. The van der Waals surface area contributed by atoms with Crippen LogP contribution < -0.4 is 9.21 Å². The van der Waals surface area contributed by atoms with Gasteiger partial charge in [-0.15, -0.1) is 0 Å². The third kappa shape index (κ3) is 4.79. The zero-order chi connectivity index (χ0) is 23.4. The number of anilines is 2. The SMILES string of the molecule is CCN(c1ccccc1)S(=O)(=O)c1ccc(Cl)c(C(=O)N2CCN(c3ncccn3)CC2)c1. The van der Waals surface area contributed by atoms with Crippen molar-refractivity contribution in [3.63, 3.8) is 0 Å². The number of nitrogens with zero attached hydrogens (tertiary/aromatic N) is 5. The molecule has 1 amide bonds. The Labute approximate surface area is 198 Å². The van der Waals surface area contributed by atoms with E-state index in [1.807, 2.05) is 11.0 Å². The molecule has 1 saturated heterocycles. The Kier molecular flexibility index (Phi) is 6.80. The molecule has 2 aromatic carbocycles. The summed E-state index contributed by atoms with van der Waals surface area (Å²) in [6.07, 6.45) is 3.36. The van der Waals surface area contributed by atoms with Crippen molar-refractivity contribution in [1.29, 1.82) is 0 Å². The van der Waals surface area contributed by atoms with E-state index in [9.17, 15) is 13.2 Å². The second kappa shape index (κ2) is 9.76. The van der Waals surface area contributed by atoms with E-state index in [2.05, 4.69) is 9.97 Å². The molecule has 1 aliphatic heterocycles. The molecule has 0 N–H and O–H groups in total. The normalized spacial score (nSPS) is 14.2. The van der Waals surface area contributed by atoms with E-state index in [0.29, 0.717) is 37.8 Å². The number of amides is 1. The van der Waals surface area contributed by atoms with E-state index < -0.39 is 10.0 Å². The van der Waals surface area contributed by atoms with Gasteiger partial charge in [0.05, 0.1) is 21.2 Å². The molecule has 0 radical (unpaired) electrons. The minimum Gasteiger partial charge on any atom is -0.337 e.